The van der Waals surface area contributed by atoms with Crippen LogP contribution in [0, 0.1) is 0 Å². The van der Waals surface area contributed by atoms with E-state index in [0.717, 1.165) is 0 Å². The number of rotatable bonds is 5. The topological polar surface area (TPSA) is 12.0 Å². The number of halogens is 5. The molecule has 0 aliphatic rings. The van der Waals surface area contributed by atoms with Crippen LogP contribution < -0.4 is 5.32 Å². The molecule has 0 amide bonds. The van der Waals surface area contributed by atoms with E-state index in [0.29, 0.717) is 23.6 Å². The molecule has 18 heavy (non-hydrogen) atoms. The molecule has 6 heteroatoms. The second kappa shape index (κ2) is 6.64. The second-order valence-corrected chi connectivity index (χ2v) is 4.82. The molecule has 1 atom stereocenters. The maximum atomic E-state index is 12.8. The van der Waals surface area contributed by atoms with Crippen molar-refractivity contribution >= 4 is 23.2 Å². The van der Waals surface area contributed by atoms with Gasteiger partial charge in [-0.05, 0) is 37.1 Å². The van der Waals surface area contributed by atoms with Crippen LogP contribution in [0.5, 0.6) is 0 Å². The molecular weight excluding hydrogens is 286 g/mol. The molecule has 1 rings (SSSR count). The van der Waals surface area contributed by atoms with Crippen LogP contribution in [0.2, 0.25) is 10.0 Å². The summed E-state index contributed by atoms with van der Waals surface area (Å²) in [6, 6.07) is 2.97. The zero-order valence-electron chi connectivity index (χ0n) is 9.82. The molecule has 0 saturated heterocycles. The lowest BCUT2D eigenvalue weighted by molar-refractivity contribution is -0.155. The van der Waals surface area contributed by atoms with E-state index in [1.165, 1.54) is 12.1 Å². The molecule has 0 fully saturated rings. The van der Waals surface area contributed by atoms with E-state index in [4.69, 9.17) is 23.2 Å². The van der Waals surface area contributed by atoms with Gasteiger partial charge in [0.15, 0.2) is 0 Å². The molecule has 1 unspecified atom stereocenters. The molecule has 0 aliphatic heterocycles. The van der Waals surface area contributed by atoms with E-state index in [1.54, 1.807) is 6.07 Å². The maximum Gasteiger partial charge on any atom is 0.404 e. The molecule has 0 heterocycles. The summed E-state index contributed by atoms with van der Waals surface area (Å²) in [7, 11) is 0. The van der Waals surface area contributed by atoms with Gasteiger partial charge in [-0.25, -0.2) is 0 Å². The van der Waals surface area contributed by atoms with E-state index >= 15 is 0 Å². The van der Waals surface area contributed by atoms with Crippen molar-refractivity contribution < 1.29 is 13.2 Å². The minimum atomic E-state index is -4.28. The number of alkyl halides is 3. The molecule has 1 N–H and O–H groups in total. The average molecular weight is 300 g/mol. The van der Waals surface area contributed by atoms with Crippen LogP contribution >= 0.6 is 23.2 Å². The van der Waals surface area contributed by atoms with Crippen LogP contribution in [0.1, 0.15) is 18.9 Å². The lowest BCUT2D eigenvalue weighted by Crippen LogP contribution is -2.44. The Balaban J connectivity index is 2.79. The number of hydrogen-bond acceptors (Lipinski definition) is 1. The molecule has 0 aliphatic carbocycles. The zero-order valence-corrected chi connectivity index (χ0v) is 11.3. The predicted octanol–water partition coefficient (Wildman–Crippen LogP) is 4.47. The first kappa shape index (κ1) is 15.6. The van der Waals surface area contributed by atoms with Crippen molar-refractivity contribution in [3.63, 3.8) is 0 Å². The summed E-state index contributed by atoms with van der Waals surface area (Å²) < 4.78 is 38.4. The van der Waals surface area contributed by atoms with Crippen LogP contribution in [0.25, 0.3) is 0 Å². The highest BCUT2D eigenvalue weighted by atomic mass is 35.5. The summed E-state index contributed by atoms with van der Waals surface area (Å²) in [5.41, 5.74) is 0.510. The Morgan fingerprint density at radius 2 is 1.89 bits per heavy atom. The Bertz CT molecular complexity index is 393. The molecule has 1 aromatic carbocycles. The molecule has 0 saturated carbocycles. The fourth-order valence-electron chi connectivity index (χ4n) is 1.52. The second-order valence-electron chi connectivity index (χ2n) is 4.00. The summed E-state index contributed by atoms with van der Waals surface area (Å²) >= 11 is 11.5. The molecular formula is C12H14Cl2F3N. The van der Waals surface area contributed by atoms with E-state index in [2.05, 4.69) is 5.32 Å². The van der Waals surface area contributed by atoms with Gasteiger partial charge in [-0.2, -0.15) is 13.2 Å². The van der Waals surface area contributed by atoms with Crippen molar-refractivity contribution in [3.05, 3.63) is 33.8 Å². The van der Waals surface area contributed by atoms with Crippen LogP contribution in [0.3, 0.4) is 0 Å². The fraction of sp³-hybridized carbons (Fsp3) is 0.500. The first-order valence-corrected chi connectivity index (χ1v) is 6.34. The summed E-state index contributed by atoms with van der Waals surface area (Å²) in [6.07, 6.45) is -3.78. The van der Waals surface area contributed by atoms with Crippen LogP contribution in [0.15, 0.2) is 18.2 Å². The molecule has 0 bridgehead atoms. The Labute approximate surface area is 114 Å². The van der Waals surface area contributed by atoms with Crippen molar-refractivity contribution in [2.24, 2.45) is 0 Å². The number of nitrogens with one attached hydrogen (secondary N) is 1. The number of benzene rings is 1. The lowest BCUT2D eigenvalue weighted by Gasteiger charge is -2.21. The summed E-state index contributed by atoms with van der Waals surface area (Å²) in [6.45, 7) is 2.14. The standard InChI is InChI=1S/C12H14Cl2F3N/c1-2-5-18-11(12(15,16)17)7-8-3-4-9(13)10(14)6-8/h3-4,6,11,18H,2,5,7H2,1H3. The zero-order chi connectivity index (χ0) is 13.8. The molecule has 0 radical (unpaired) electrons. The Hall–Kier alpha value is -0.450. The Morgan fingerprint density at radius 1 is 1.22 bits per heavy atom. The van der Waals surface area contributed by atoms with E-state index in [9.17, 15) is 13.2 Å². The smallest absolute Gasteiger partial charge is 0.306 e. The van der Waals surface area contributed by atoms with Crippen LogP contribution in [0.4, 0.5) is 13.2 Å². The first-order valence-electron chi connectivity index (χ1n) is 5.58. The van der Waals surface area contributed by atoms with E-state index in [-0.39, 0.29) is 11.4 Å². The average Bonchev–Trinajstić information content (AvgIpc) is 2.27. The molecule has 1 nitrogen and oxygen atoms in total. The monoisotopic (exact) mass is 299 g/mol. The molecule has 1 aromatic rings. The molecule has 102 valence electrons. The van der Waals surface area contributed by atoms with E-state index < -0.39 is 12.2 Å². The van der Waals surface area contributed by atoms with Gasteiger partial charge in [-0.3, -0.25) is 0 Å². The third-order valence-electron chi connectivity index (χ3n) is 2.46. The summed E-state index contributed by atoms with van der Waals surface area (Å²) in [5.74, 6) is 0. The molecule has 0 spiro atoms. The lowest BCUT2D eigenvalue weighted by atomic mass is 10.1. The van der Waals surface area contributed by atoms with Gasteiger partial charge >= 0.3 is 6.18 Å². The van der Waals surface area contributed by atoms with Gasteiger partial charge in [0.2, 0.25) is 0 Å². The SMILES string of the molecule is CCCNC(Cc1ccc(Cl)c(Cl)c1)C(F)(F)F. The normalized spacial score (nSPS) is 13.7. The maximum absolute atomic E-state index is 12.8. The Morgan fingerprint density at radius 3 is 2.39 bits per heavy atom. The Kier molecular flexibility index (Phi) is 5.76. The minimum Gasteiger partial charge on any atom is -0.306 e. The van der Waals surface area contributed by atoms with Crippen LogP contribution in [-0.2, 0) is 6.42 Å². The largest absolute Gasteiger partial charge is 0.404 e. The van der Waals surface area contributed by atoms with Gasteiger partial charge in [-0.15, -0.1) is 0 Å². The quantitative estimate of drug-likeness (QED) is 0.846. The highest BCUT2D eigenvalue weighted by Gasteiger charge is 2.38. The highest BCUT2D eigenvalue weighted by molar-refractivity contribution is 6.42. The summed E-state index contributed by atoms with van der Waals surface area (Å²) in [4.78, 5) is 0. The van der Waals surface area contributed by atoms with Gasteiger partial charge < -0.3 is 5.32 Å². The number of hydrogen-bond donors (Lipinski definition) is 1. The third kappa shape index (κ3) is 4.67. The van der Waals surface area contributed by atoms with Crippen molar-refractivity contribution in [3.8, 4) is 0 Å². The summed E-state index contributed by atoms with van der Waals surface area (Å²) in [5, 5.41) is 3.10. The fourth-order valence-corrected chi connectivity index (χ4v) is 1.85. The first-order chi connectivity index (χ1) is 8.34. The van der Waals surface area contributed by atoms with Crippen molar-refractivity contribution in [2.45, 2.75) is 32.0 Å². The van der Waals surface area contributed by atoms with Gasteiger partial charge in [-0.1, -0.05) is 36.2 Å². The van der Waals surface area contributed by atoms with Gasteiger partial charge in [0, 0.05) is 0 Å². The highest BCUT2D eigenvalue weighted by Crippen LogP contribution is 2.27. The van der Waals surface area contributed by atoms with E-state index in [1.807, 2.05) is 6.92 Å². The minimum absolute atomic E-state index is 0.152. The van der Waals surface area contributed by atoms with Crippen molar-refractivity contribution in [1.29, 1.82) is 0 Å². The van der Waals surface area contributed by atoms with Gasteiger partial charge in [0.1, 0.15) is 6.04 Å². The van der Waals surface area contributed by atoms with Gasteiger partial charge in [0.25, 0.3) is 0 Å². The van der Waals surface area contributed by atoms with Crippen molar-refractivity contribution in [1.82, 2.24) is 5.32 Å². The van der Waals surface area contributed by atoms with Crippen LogP contribution in [-0.4, -0.2) is 18.8 Å². The third-order valence-corrected chi connectivity index (χ3v) is 3.20. The predicted molar refractivity (Wildman–Crippen MR) is 68.3 cm³/mol. The molecule has 0 aromatic heterocycles. The van der Waals surface area contributed by atoms with Crippen molar-refractivity contribution in [2.75, 3.05) is 6.54 Å². The van der Waals surface area contributed by atoms with Gasteiger partial charge in [0.05, 0.1) is 10.0 Å².